The van der Waals surface area contributed by atoms with E-state index in [1.807, 2.05) is 19.3 Å². The molecule has 4 heteroatoms. The molecule has 0 aliphatic rings. The van der Waals surface area contributed by atoms with E-state index >= 15 is 0 Å². The molecule has 0 bridgehead atoms. The van der Waals surface area contributed by atoms with Crippen molar-refractivity contribution >= 4 is 19.3 Å². The number of rotatable bonds is 6. The fourth-order valence-electron chi connectivity index (χ4n) is 5.22. The van der Waals surface area contributed by atoms with E-state index in [1.165, 1.54) is 16.5 Å². The van der Waals surface area contributed by atoms with E-state index < -0.39 is 8.24 Å². The molecule has 0 saturated heterocycles. The molecule has 0 spiro atoms. The van der Waals surface area contributed by atoms with Crippen LogP contribution in [0.15, 0.2) is 42.9 Å². The molecule has 0 aromatic carbocycles. The number of pyridine rings is 2. The molecule has 0 unspecified atom stereocenters. The molecule has 0 aliphatic heterocycles. The van der Waals surface area contributed by atoms with E-state index in [4.69, 9.17) is 4.98 Å². The monoisotopic (exact) mass is 379 g/mol. The number of aromatic nitrogens is 3. The van der Waals surface area contributed by atoms with Crippen molar-refractivity contribution in [2.24, 2.45) is 0 Å². The fraction of sp³-hybridized carbons (Fsp3) is 0.478. The van der Waals surface area contributed by atoms with Crippen LogP contribution >= 0.6 is 0 Å². The Kier molecular flexibility index (Phi) is 5.57. The average molecular weight is 380 g/mol. The molecular formula is C23H33N3Si. The van der Waals surface area contributed by atoms with Gasteiger partial charge in [-0.25, -0.2) is 4.98 Å². The fourth-order valence-corrected chi connectivity index (χ4v) is 11.8. The van der Waals surface area contributed by atoms with Crippen LogP contribution in [0.5, 0.6) is 0 Å². The Hall–Kier alpha value is -1.94. The van der Waals surface area contributed by atoms with Gasteiger partial charge in [0.25, 0.3) is 0 Å². The van der Waals surface area contributed by atoms with Gasteiger partial charge in [-0.05, 0) is 52.9 Å². The molecule has 0 radical (unpaired) electrons. The predicted octanol–water partition coefficient (Wildman–Crippen LogP) is 6.35. The van der Waals surface area contributed by atoms with Gasteiger partial charge in [-0.3, -0.25) is 4.98 Å². The highest BCUT2D eigenvalue weighted by Crippen LogP contribution is 2.44. The maximum Gasteiger partial charge on any atom is 0.171 e. The zero-order valence-corrected chi connectivity index (χ0v) is 18.8. The first-order valence-corrected chi connectivity index (χ1v) is 12.3. The van der Waals surface area contributed by atoms with Gasteiger partial charge in [-0.2, -0.15) is 0 Å². The SMILES string of the molecule is Cc1ccc(Cc2cn([Si](C(C)C)(C(C)C)C(C)C)c3ncccc23)cn1. The van der Waals surface area contributed by atoms with Crippen molar-refractivity contribution < 1.29 is 0 Å². The van der Waals surface area contributed by atoms with Gasteiger partial charge in [-0.15, -0.1) is 0 Å². The number of nitrogens with zero attached hydrogens (tertiary/aromatic N) is 3. The van der Waals surface area contributed by atoms with Crippen LogP contribution < -0.4 is 0 Å². The third-order valence-electron chi connectivity index (χ3n) is 6.20. The first kappa shape index (κ1) is 19.8. The van der Waals surface area contributed by atoms with Crippen LogP contribution in [0.25, 0.3) is 11.0 Å². The maximum atomic E-state index is 4.85. The molecule has 3 rings (SSSR count). The van der Waals surface area contributed by atoms with Crippen molar-refractivity contribution in [2.75, 3.05) is 0 Å². The smallest absolute Gasteiger partial charge is 0.171 e. The van der Waals surface area contributed by atoms with Gasteiger partial charge in [-0.1, -0.05) is 47.6 Å². The zero-order valence-electron chi connectivity index (χ0n) is 17.8. The highest BCUT2D eigenvalue weighted by molar-refractivity contribution is 6.82. The van der Waals surface area contributed by atoms with Gasteiger partial charge in [0.05, 0.1) is 0 Å². The summed E-state index contributed by atoms with van der Waals surface area (Å²) in [7, 11) is -1.83. The van der Waals surface area contributed by atoms with Gasteiger partial charge in [0.15, 0.2) is 8.24 Å². The third-order valence-corrected chi connectivity index (χ3v) is 12.9. The summed E-state index contributed by atoms with van der Waals surface area (Å²) >= 11 is 0. The molecule has 0 aliphatic carbocycles. The second-order valence-corrected chi connectivity index (χ2v) is 14.5. The summed E-state index contributed by atoms with van der Waals surface area (Å²) in [5.74, 6) is 0. The van der Waals surface area contributed by atoms with Gasteiger partial charge in [0.2, 0.25) is 0 Å². The third kappa shape index (κ3) is 3.36. The van der Waals surface area contributed by atoms with Crippen LogP contribution in [-0.2, 0) is 6.42 Å². The largest absolute Gasteiger partial charge is 0.358 e. The lowest BCUT2D eigenvalue weighted by Gasteiger charge is -2.44. The lowest BCUT2D eigenvalue weighted by atomic mass is 10.1. The van der Waals surface area contributed by atoms with Gasteiger partial charge in [0, 0.05) is 36.1 Å². The van der Waals surface area contributed by atoms with Gasteiger partial charge in [0.1, 0.15) is 5.65 Å². The van der Waals surface area contributed by atoms with Crippen molar-refractivity contribution in [3.05, 3.63) is 59.7 Å². The van der Waals surface area contributed by atoms with Crippen LogP contribution in [0, 0.1) is 6.92 Å². The first-order chi connectivity index (χ1) is 12.8. The van der Waals surface area contributed by atoms with E-state index in [1.54, 1.807) is 0 Å². The molecule has 144 valence electrons. The summed E-state index contributed by atoms with van der Waals surface area (Å²) < 4.78 is 2.62. The van der Waals surface area contributed by atoms with Crippen LogP contribution in [0.1, 0.15) is 58.4 Å². The molecule has 3 aromatic rings. The summed E-state index contributed by atoms with van der Waals surface area (Å²) in [6.45, 7) is 16.5. The summed E-state index contributed by atoms with van der Waals surface area (Å²) in [6, 6.07) is 8.59. The topological polar surface area (TPSA) is 30.7 Å². The van der Waals surface area contributed by atoms with Crippen molar-refractivity contribution in [2.45, 2.75) is 71.5 Å². The van der Waals surface area contributed by atoms with E-state index in [-0.39, 0.29) is 0 Å². The van der Waals surface area contributed by atoms with Crippen molar-refractivity contribution in [3.8, 4) is 0 Å². The second kappa shape index (κ2) is 7.59. The molecule has 3 nitrogen and oxygen atoms in total. The quantitative estimate of drug-likeness (QED) is 0.467. The lowest BCUT2D eigenvalue weighted by Crippen LogP contribution is -2.51. The Morgan fingerprint density at radius 2 is 1.59 bits per heavy atom. The Bertz CT molecular complexity index is 885. The summed E-state index contributed by atoms with van der Waals surface area (Å²) in [5, 5.41) is 1.29. The molecule has 0 N–H and O–H groups in total. The van der Waals surface area contributed by atoms with Crippen LogP contribution in [-0.4, -0.2) is 22.4 Å². The summed E-state index contributed by atoms with van der Waals surface area (Å²) in [6.07, 6.45) is 7.27. The Balaban J connectivity index is 2.21. The van der Waals surface area contributed by atoms with Crippen LogP contribution in [0.3, 0.4) is 0 Å². The Morgan fingerprint density at radius 1 is 0.926 bits per heavy atom. The summed E-state index contributed by atoms with van der Waals surface area (Å²) in [5.41, 5.74) is 6.78. The molecule has 0 fully saturated rings. The van der Waals surface area contributed by atoms with Crippen LogP contribution in [0.2, 0.25) is 16.6 Å². The van der Waals surface area contributed by atoms with E-state index in [2.05, 4.69) is 81.2 Å². The van der Waals surface area contributed by atoms with Crippen molar-refractivity contribution in [1.82, 2.24) is 14.2 Å². The van der Waals surface area contributed by atoms with E-state index in [0.29, 0.717) is 16.6 Å². The molecular weight excluding hydrogens is 346 g/mol. The Labute approximate surface area is 165 Å². The van der Waals surface area contributed by atoms with Gasteiger partial charge < -0.3 is 4.23 Å². The molecule has 3 aromatic heterocycles. The summed E-state index contributed by atoms with van der Waals surface area (Å²) in [4.78, 5) is 9.33. The minimum absolute atomic E-state index is 0.643. The Morgan fingerprint density at radius 3 is 2.15 bits per heavy atom. The number of aryl methyl sites for hydroxylation is 1. The highest BCUT2D eigenvalue weighted by atomic mass is 28.3. The lowest BCUT2D eigenvalue weighted by molar-refractivity contribution is 0.769. The number of hydrogen-bond acceptors (Lipinski definition) is 2. The predicted molar refractivity (Wildman–Crippen MR) is 118 cm³/mol. The van der Waals surface area contributed by atoms with Crippen molar-refractivity contribution in [3.63, 3.8) is 0 Å². The standard InChI is InChI=1S/C23H33N3Si/c1-16(2)27(17(3)4,18(5)6)26-15-21(22-9-8-12-24-23(22)26)13-20-11-10-19(7)25-14-20/h8-12,14-18H,13H2,1-7H3. The maximum absolute atomic E-state index is 4.85. The highest BCUT2D eigenvalue weighted by Gasteiger charge is 2.46. The number of fused-ring (bicyclic) bond motifs is 1. The molecule has 27 heavy (non-hydrogen) atoms. The van der Waals surface area contributed by atoms with E-state index in [0.717, 1.165) is 17.8 Å². The first-order valence-electron chi connectivity index (χ1n) is 10.1. The molecule has 3 heterocycles. The van der Waals surface area contributed by atoms with Crippen LogP contribution in [0.4, 0.5) is 0 Å². The van der Waals surface area contributed by atoms with Crippen molar-refractivity contribution in [1.29, 1.82) is 0 Å². The average Bonchev–Trinajstić information content (AvgIpc) is 2.96. The minimum atomic E-state index is -1.83. The van der Waals surface area contributed by atoms with Gasteiger partial charge >= 0.3 is 0 Å². The molecule has 0 saturated carbocycles. The second-order valence-electron chi connectivity index (χ2n) is 8.73. The minimum Gasteiger partial charge on any atom is -0.358 e. The molecule has 0 atom stereocenters. The number of hydrogen-bond donors (Lipinski definition) is 0. The molecule has 0 amide bonds. The normalized spacial score (nSPS) is 12.7. The zero-order chi connectivity index (χ0) is 19.8. The van der Waals surface area contributed by atoms with E-state index in [9.17, 15) is 0 Å².